The minimum atomic E-state index is -4.42. The van der Waals surface area contributed by atoms with E-state index >= 15 is 0 Å². The van der Waals surface area contributed by atoms with E-state index in [4.69, 9.17) is 4.42 Å². The summed E-state index contributed by atoms with van der Waals surface area (Å²) in [6.45, 7) is 7.98. The van der Waals surface area contributed by atoms with Crippen molar-refractivity contribution in [2.24, 2.45) is 0 Å². The molecule has 1 N–H and O–H groups in total. The third kappa shape index (κ3) is 4.07. The number of rotatable bonds is 5. The van der Waals surface area contributed by atoms with Gasteiger partial charge in [0.1, 0.15) is 11.5 Å². The number of alkyl halides is 3. The van der Waals surface area contributed by atoms with Gasteiger partial charge in [-0.25, -0.2) is 0 Å². The number of hydrogen-bond donors (Lipinski definition) is 1. The number of benzene rings is 1. The summed E-state index contributed by atoms with van der Waals surface area (Å²) in [6.07, 6.45) is -4.42. The van der Waals surface area contributed by atoms with Gasteiger partial charge >= 0.3 is 6.18 Å². The van der Waals surface area contributed by atoms with E-state index in [-0.39, 0.29) is 6.54 Å². The maximum atomic E-state index is 12.8. The second-order valence-electron chi connectivity index (χ2n) is 6.56. The molecule has 0 spiro atoms. The standard InChI is InChI=1S/C20H19F3N2O2/c1-12(2)11-25-16-7-13(3)27-18(16)9-17(25)19(26)24-10-14-5-4-6-15(8-14)20(21,22)23/h4-9H,1,10-11H2,2-3H3,(H,24,26). The van der Waals surface area contributed by atoms with E-state index in [1.54, 1.807) is 10.6 Å². The number of hydrogen-bond acceptors (Lipinski definition) is 2. The normalized spacial score (nSPS) is 11.7. The van der Waals surface area contributed by atoms with Crippen LogP contribution < -0.4 is 5.32 Å². The van der Waals surface area contributed by atoms with Gasteiger partial charge in [-0.3, -0.25) is 4.79 Å². The molecule has 4 nitrogen and oxygen atoms in total. The van der Waals surface area contributed by atoms with Crippen molar-refractivity contribution < 1.29 is 22.4 Å². The molecule has 1 aromatic carbocycles. The lowest BCUT2D eigenvalue weighted by molar-refractivity contribution is -0.137. The molecule has 0 fully saturated rings. The highest BCUT2D eigenvalue weighted by Gasteiger charge is 2.30. The summed E-state index contributed by atoms with van der Waals surface area (Å²) in [6, 6.07) is 8.36. The fourth-order valence-electron chi connectivity index (χ4n) is 2.92. The first-order chi connectivity index (χ1) is 12.6. The summed E-state index contributed by atoms with van der Waals surface area (Å²) in [7, 11) is 0. The van der Waals surface area contributed by atoms with E-state index < -0.39 is 17.6 Å². The number of carbonyl (C=O) groups is 1. The molecule has 2 heterocycles. The van der Waals surface area contributed by atoms with Crippen LogP contribution in [-0.4, -0.2) is 10.5 Å². The Kier molecular flexibility index (Phi) is 4.87. The zero-order valence-electron chi connectivity index (χ0n) is 15.0. The van der Waals surface area contributed by atoms with Crippen LogP contribution in [-0.2, 0) is 19.3 Å². The van der Waals surface area contributed by atoms with E-state index in [1.807, 2.05) is 19.9 Å². The fraction of sp³-hybridized carbons (Fsp3) is 0.250. The number of nitrogens with one attached hydrogen (secondary N) is 1. The van der Waals surface area contributed by atoms with Gasteiger partial charge in [0.15, 0.2) is 5.58 Å². The highest BCUT2D eigenvalue weighted by molar-refractivity contribution is 5.97. The largest absolute Gasteiger partial charge is 0.460 e. The van der Waals surface area contributed by atoms with Crippen LogP contribution in [0.5, 0.6) is 0 Å². The average molecular weight is 376 g/mol. The van der Waals surface area contributed by atoms with Crippen LogP contribution in [0.2, 0.25) is 0 Å². The Morgan fingerprint density at radius 3 is 2.67 bits per heavy atom. The highest BCUT2D eigenvalue weighted by Crippen LogP contribution is 2.29. The summed E-state index contributed by atoms with van der Waals surface area (Å²) in [4.78, 5) is 12.6. The van der Waals surface area contributed by atoms with Gasteiger partial charge in [0, 0.05) is 25.2 Å². The smallest absolute Gasteiger partial charge is 0.416 e. The van der Waals surface area contributed by atoms with Crippen LogP contribution in [0.3, 0.4) is 0 Å². The number of allylic oxidation sites excluding steroid dienone is 1. The van der Waals surface area contributed by atoms with E-state index in [9.17, 15) is 18.0 Å². The van der Waals surface area contributed by atoms with E-state index in [2.05, 4.69) is 11.9 Å². The molecule has 0 aliphatic carbocycles. The Hall–Kier alpha value is -2.96. The van der Waals surface area contributed by atoms with E-state index in [0.717, 1.165) is 29.0 Å². The second-order valence-corrected chi connectivity index (χ2v) is 6.56. The lowest BCUT2D eigenvalue weighted by Gasteiger charge is -2.12. The summed E-state index contributed by atoms with van der Waals surface area (Å²) >= 11 is 0. The molecule has 3 rings (SSSR count). The van der Waals surface area contributed by atoms with Crippen molar-refractivity contribution in [3.63, 3.8) is 0 Å². The van der Waals surface area contributed by atoms with Gasteiger partial charge in [-0.1, -0.05) is 24.3 Å². The molecule has 0 saturated heterocycles. The quantitative estimate of drug-likeness (QED) is 0.632. The molecule has 0 aliphatic heterocycles. The number of aryl methyl sites for hydroxylation is 1. The van der Waals surface area contributed by atoms with Gasteiger partial charge in [0.2, 0.25) is 0 Å². The summed E-state index contributed by atoms with van der Waals surface area (Å²) in [5.41, 5.74) is 2.22. The Bertz CT molecular complexity index is 1010. The van der Waals surface area contributed by atoms with E-state index in [1.165, 1.54) is 12.1 Å². The van der Waals surface area contributed by atoms with Crippen molar-refractivity contribution in [1.29, 1.82) is 0 Å². The molecule has 0 atom stereocenters. The summed E-state index contributed by atoms with van der Waals surface area (Å²) in [5, 5.41) is 2.67. The molecule has 0 unspecified atom stereocenters. The van der Waals surface area contributed by atoms with Crippen LogP contribution >= 0.6 is 0 Å². The Labute approximate surface area is 154 Å². The Balaban J connectivity index is 1.82. The molecule has 0 saturated carbocycles. The molecule has 2 aromatic heterocycles. The molecule has 0 bridgehead atoms. The lowest BCUT2D eigenvalue weighted by atomic mass is 10.1. The molecule has 7 heteroatoms. The number of carbonyl (C=O) groups excluding carboxylic acids is 1. The lowest BCUT2D eigenvalue weighted by Crippen LogP contribution is -2.25. The van der Waals surface area contributed by atoms with Crippen molar-refractivity contribution in [2.45, 2.75) is 33.1 Å². The summed E-state index contributed by atoms with van der Waals surface area (Å²) < 4.78 is 45.8. The third-order valence-electron chi connectivity index (χ3n) is 4.08. The molecular formula is C20H19F3N2O2. The topological polar surface area (TPSA) is 47.2 Å². The molecule has 1 amide bonds. The van der Waals surface area contributed by atoms with Crippen LogP contribution in [0, 0.1) is 6.92 Å². The molecule has 3 aromatic rings. The van der Waals surface area contributed by atoms with Crippen LogP contribution in [0.25, 0.3) is 11.1 Å². The number of aromatic nitrogens is 1. The predicted octanol–water partition coefficient (Wildman–Crippen LogP) is 5.07. The third-order valence-corrected chi connectivity index (χ3v) is 4.08. The number of amides is 1. The Morgan fingerprint density at radius 2 is 2.00 bits per heavy atom. The van der Waals surface area contributed by atoms with Gasteiger partial charge in [-0.15, -0.1) is 0 Å². The maximum absolute atomic E-state index is 12.8. The number of nitrogens with zero attached hydrogens (tertiary/aromatic N) is 1. The number of fused-ring (bicyclic) bond motifs is 1. The van der Waals surface area contributed by atoms with Crippen LogP contribution in [0.1, 0.15) is 34.3 Å². The van der Waals surface area contributed by atoms with Gasteiger partial charge in [-0.2, -0.15) is 13.2 Å². The molecule has 0 aliphatic rings. The molecule has 142 valence electrons. The minimum Gasteiger partial charge on any atom is -0.460 e. The highest BCUT2D eigenvalue weighted by atomic mass is 19.4. The monoisotopic (exact) mass is 376 g/mol. The van der Waals surface area contributed by atoms with Crippen molar-refractivity contribution in [1.82, 2.24) is 9.88 Å². The van der Waals surface area contributed by atoms with Crippen molar-refractivity contribution >= 4 is 17.0 Å². The Morgan fingerprint density at radius 1 is 1.26 bits per heavy atom. The maximum Gasteiger partial charge on any atom is 0.416 e. The number of furan rings is 1. The van der Waals surface area contributed by atoms with Gasteiger partial charge in [0.25, 0.3) is 5.91 Å². The molecular weight excluding hydrogens is 357 g/mol. The number of halogens is 3. The fourth-order valence-corrected chi connectivity index (χ4v) is 2.92. The predicted molar refractivity (Wildman–Crippen MR) is 96.4 cm³/mol. The van der Waals surface area contributed by atoms with Crippen LogP contribution in [0.4, 0.5) is 13.2 Å². The van der Waals surface area contributed by atoms with Gasteiger partial charge in [0.05, 0.1) is 11.1 Å². The summed E-state index contributed by atoms with van der Waals surface area (Å²) in [5.74, 6) is 0.337. The SMILES string of the molecule is C=C(C)Cn1c(C(=O)NCc2cccc(C(F)(F)F)c2)cc2oc(C)cc21. The second kappa shape index (κ2) is 6.98. The van der Waals surface area contributed by atoms with Crippen molar-refractivity contribution in [3.05, 3.63) is 71.1 Å². The minimum absolute atomic E-state index is 0.0125. The zero-order valence-corrected chi connectivity index (χ0v) is 15.0. The van der Waals surface area contributed by atoms with Crippen molar-refractivity contribution in [3.8, 4) is 0 Å². The average Bonchev–Trinajstić information content (AvgIpc) is 3.09. The molecule has 0 radical (unpaired) electrons. The first-order valence-corrected chi connectivity index (χ1v) is 8.33. The van der Waals surface area contributed by atoms with Crippen molar-refractivity contribution in [2.75, 3.05) is 0 Å². The van der Waals surface area contributed by atoms with Gasteiger partial charge < -0.3 is 14.3 Å². The molecule has 27 heavy (non-hydrogen) atoms. The first kappa shape index (κ1) is 18.8. The first-order valence-electron chi connectivity index (χ1n) is 8.33. The zero-order chi connectivity index (χ0) is 19.8. The van der Waals surface area contributed by atoms with Crippen LogP contribution in [0.15, 0.2) is 53.0 Å². The van der Waals surface area contributed by atoms with Gasteiger partial charge in [-0.05, 0) is 31.5 Å². The van der Waals surface area contributed by atoms with E-state index in [0.29, 0.717) is 23.4 Å².